The standard InChI is InChI=1S/C19H21NO/c1-14-9-10-16-12-18(19(2,3)21)20(17(16)11-14)13-15-7-5-4-6-8-15/h4-12,21H,13H2,1-3H3. The van der Waals surface area contributed by atoms with Crippen molar-refractivity contribution in [2.45, 2.75) is 32.9 Å². The van der Waals surface area contributed by atoms with E-state index in [1.54, 1.807) is 0 Å². The monoisotopic (exact) mass is 279 g/mol. The van der Waals surface area contributed by atoms with Crippen LogP contribution in [0.4, 0.5) is 0 Å². The van der Waals surface area contributed by atoms with Gasteiger partial charge in [-0.2, -0.15) is 0 Å². The smallest absolute Gasteiger partial charge is 0.0989 e. The molecule has 21 heavy (non-hydrogen) atoms. The summed E-state index contributed by atoms with van der Waals surface area (Å²) < 4.78 is 2.22. The van der Waals surface area contributed by atoms with Gasteiger partial charge in [-0.15, -0.1) is 0 Å². The van der Waals surface area contributed by atoms with Crippen molar-refractivity contribution >= 4 is 10.9 Å². The second kappa shape index (κ2) is 5.05. The second-order valence-corrected chi connectivity index (χ2v) is 6.22. The molecule has 0 aliphatic carbocycles. The number of rotatable bonds is 3. The molecule has 0 saturated carbocycles. The Morgan fingerprint density at radius 1 is 1.00 bits per heavy atom. The number of fused-ring (bicyclic) bond motifs is 1. The molecule has 3 aromatic rings. The molecule has 0 atom stereocenters. The van der Waals surface area contributed by atoms with Gasteiger partial charge < -0.3 is 9.67 Å². The maximum absolute atomic E-state index is 10.5. The van der Waals surface area contributed by atoms with Crippen molar-refractivity contribution in [3.63, 3.8) is 0 Å². The van der Waals surface area contributed by atoms with E-state index in [4.69, 9.17) is 0 Å². The van der Waals surface area contributed by atoms with Gasteiger partial charge in [-0.1, -0.05) is 42.5 Å². The summed E-state index contributed by atoms with van der Waals surface area (Å²) in [6, 6.07) is 18.9. The highest BCUT2D eigenvalue weighted by Crippen LogP contribution is 2.29. The first kappa shape index (κ1) is 13.9. The van der Waals surface area contributed by atoms with Gasteiger partial charge in [0.2, 0.25) is 0 Å². The Morgan fingerprint density at radius 2 is 1.71 bits per heavy atom. The van der Waals surface area contributed by atoms with E-state index in [-0.39, 0.29) is 0 Å². The minimum absolute atomic E-state index is 0.771. The predicted molar refractivity (Wildman–Crippen MR) is 87.5 cm³/mol. The summed E-state index contributed by atoms with van der Waals surface area (Å²) in [7, 11) is 0. The predicted octanol–water partition coefficient (Wildman–Crippen LogP) is 4.23. The second-order valence-electron chi connectivity index (χ2n) is 6.22. The van der Waals surface area contributed by atoms with Crippen LogP contribution in [0.25, 0.3) is 10.9 Å². The van der Waals surface area contributed by atoms with Crippen LogP contribution in [-0.2, 0) is 12.1 Å². The zero-order valence-corrected chi connectivity index (χ0v) is 12.8. The van der Waals surface area contributed by atoms with Crippen LogP contribution in [-0.4, -0.2) is 9.67 Å². The molecule has 108 valence electrons. The van der Waals surface area contributed by atoms with E-state index in [1.807, 2.05) is 19.9 Å². The van der Waals surface area contributed by atoms with Crippen LogP contribution in [0.15, 0.2) is 54.6 Å². The third kappa shape index (κ3) is 2.72. The average Bonchev–Trinajstić information content (AvgIpc) is 2.78. The summed E-state index contributed by atoms with van der Waals surface area (Å²) in [6.07, 6.45) is 0. The molecule has 1 aromatic heterocycles. The number of aromatic nitrogens is 1. The van der Waals surface area contributed by atoms with Crippen molar-refractivity contribution in [2.24, 2.45) is 0 Å². The van der Waals surface area contributed by atoms with Gasteiger partial charge >= 0.3 is 0 Å². The highest BCUT2D eigenvalue weighted by Gasteiger charge is 2.22. The molecule has 0 aliphatic heterocycles. The van der Waals surface area contributed by atoms with Crippen LogP contribution >= 0.6 is 0 Å². The Balaban J connectivity index is 2.20. The lowest BCUT2D eigenvalue weighted by molar-refractivity contribution is 0.0706. The SMILES string of the molecule is Cc1ccc2cc(C(C)(C)O)n(Cc3ccccc3)c2c1. The van der Waals surface area contributed by atoms with Crippen molar-refractivity contribution in [3.05, 3.63) is 71.4 Å². The van der Waals surface area contributed by atoms with Crippen LogP contribution in [0, 0.1) is 6.92 Å². The van der Waals surface area contributed by atoms with Crippen LogP contribution in [0.1, 0.15) is 30.7 Å². The van der Waals surface area contributed by atoms with Gasteiger partial charge in [0.25, 0.3) is 0 Å². The van der Waals surface area contributed by atoms with Crippen molar-refractivity contribution in [3.8, 4) is 0 Å². The maximum atomic E-state index is 10.5. The van der Waals surface area contributed by atoms with Crippen LogP contribution in [0.3, 0.4) is 0 Å². The lowest BCUT2D eigenvalue weighted by Crippen LogP contribution is -2.21. The minimum atomic E-state index is -0.859. The normalized spacial score (nSPS) is 12.0. The number of benzene rings is 2. The highest BCUT2D eigenvalue weighted by atomic mass is 16.3. The lowest BCUT2D eigenvalue weighted by Gasteiger charge is -2.21. The number of nitrogens with zero attached hydrogens (tertiary/aromatic N) is 1. The Morgan fingerprint density at radius 3 is 2.38 bits per heavy atom. The molecule has 0 unspecified atom stereocenters. The molecule has 0 radical (unpaired) electrons. The van der Waals surface area contributed by atoms with Gasteiger partial charge in [0.1, 0.15) is 0 Å². The topological polar surface area (TPSA) is 25.2 Å². The molecule has 2 heteroatoms. The fourth-order valence-electron chi connectivity index (χ4n) is 2.81. The molecule has 1 heterocycles. The third-order valence-electron chi connectivity index (χ3n) is 3.87. The molecule has 0 saturated heterocycles. The summed E-state index contributed by atoms with van der Waals surface area (Å²) in [5, 5.41) is 11.7. The van der Waals surface area contributed by atoms with E-state index in [2.05, 4.69) is 60.0 Å². The van der Waals surface area contributed by atoms with Gasteiger partial charge in [-0.05, 0) is 49.4 Å². The molecule has 0 amide bonds. The molecule has 0 fully saturated rings. The molecule has 2 nitrogen and oxygen atoms in total. The number of hydrogen-bond donors (Lipinski definition) is 1. The summed E-state index contributed by atoms with van der Waals surface area (Å²) in [5.74, 6) is 0. The molecular formula is C19H21NO. The first-order chi connectivity index (χ1) is 9.95. The van der Waals surface area contributed by atoms with Gasteiger partial charge in [-0.25, -0.2) is 0 Å². The highest BCUT2D eigenvalue weighted by molar-refractivity contribution is 5.82. The van der Waals surface area contributed by atoms with Gasteiger partial charge in [0.05, 0.1) is 11.3 Å². The summed E-state index contributed by atoms with van der Waals surface area (Å²) in [5.41, 5.74) is 3.74. The molecule has 1 N–H and O–H groups in total. The maximum Gasteiger partial charge on any atom is 0.0989 e. The molecule has 2 aromatic carbocycles. The average molecular weight is 279 g/mol. The van der Waals surface area contributed by atoms with Crippen LogP contribution in [0.5, 0.6) is 0 Å². The molecule has 0 spiro atoms. The summed E-state index contributed by atoms with van der Waals surface area (Å²) in [4.78, 5) is 0. The Hall–Kier alpha value is -2.06. The van der Waals surface area contributed by atoms with E-state index in [0.717, 1.165) is 12.2 Å². The number of aryl methyl sites for hydroxylation is 1. The quantitative estimate of drug-likeness (QED) is 0.762. The van der Waals surface area contributed by atoms with E-state index in [1.165, 1.54) is 22.0 Å². The lowest BCUT2D eigenvalue weighted by atomic mass is 10.1. The van der Waals surface area contributed by atoms with E-state index in [0.29, 0.717) is 0 Å². The summed E-state index contributed by atoms with van der Waals surface area (Å²) in [6.45, 7) is 6.56. The van der Waals surface area contributed by atoms with Crippen molar-refractivity contribution in [1.29, 1.82) is 0 Å². The minimum Gasteiger partial charge on any atom is -0.384 e. The third-order valence-corrected chi connectivity index (χ3v) is 3.87. The Labute approximate surface area is 125 Å². The molecule has 0 bridgehead atoms. The van der Waals surface area contributed by atoms with Gasteiger partial charge in [-0.3, -0.25) is 0 Å². The Kier molecular flexibility index (Phi) is 3.34. The van der Waals surface area contributed by atoms with E-state index in [9.17, 15) is 5.11 Å². The fourth-order valence-corrected chi connectivity index (χ4v) is 2.81. The largest absolute Gasteiger partial charge is 0.384 e. The summed E-state index contributed by atoms with van der Waals surface area (Å²) >= 11 is 0. The molecule has 3 rings (SSSR count). The molecular weight excluding hydrogens is 258 g/mol. The fraction of sp³-hybridized carbons (Fsp3) is 0.263. The van der Waals surface area contributed by atoms with E-state index < -0.39 is 5.60 Å². The zero-order valence-electron chi connectivity index (χ0n) is 12.8. The van der Waals surface area contributed by atoms with Crippen molar-refractivity contribution in [1.82, 2.24) is 4.57 Å². The number of hydrogen-bond acceptors (Lipinski definition) is 1. The zero-order chi connectivity index (χ0) is 15.0. The van der Waals surface area contributed by atoms with Crippen LogP contribution in [0.2, 0.25) is 0 Å². The van der Waals surface area contributed by atoms with Gasteiger partial charge in [0.15, 0.2) is 0 Å². The van der Waals surface area contributed by atoms with E-state index >= 15 is 0 Å². The first-order valence-electron chi connectivity index (χ1n) is 7.32. The molecule has 0 aliphatic rings. The Bertz CT molecular complexity index is 763. The first-order valence-corrected chi connectivity index (χ1v) is 7.32. The van der Waals surface area contributed by atoms with Crippen LogP contribution < -0.4 is 0 Å². The van der Waals surface area contributed by atoms with Gasteiger partial charge in [0, 0.05) is 12.1 Å². The van der Waals surface area contributed by atoms with Crippen molar-refractivity contribution < 1.29 is 5.11 Å². The van der Waals surface area contributed by atoms with Crippen molar-refractivity contribution in [2.75, 3.05) is 0 Å². The number of aliphatic hydroxyl groups is 1.